The van der Waals surface area contributed by atoms with Gasteiger partial charge in [-0.1, -0.05) is 35.5 Å². The zero-order valence-corrected chi connectivity index (χ0v) is 17.2. The average molecular weight is 579 g/mol. The monoisotopic (exact) mass is 579 g/mol. The van der Waals surface area contributed by atoms with E-state index in [-0.39, 0.29) is 11.3 Å². The van der Waals surface area contributed by atoms with Gasteiger partial charge in [0.2, 0.25) is 0 Å². The summed E-state index contributed by atoms with van der Waals surface area (Å²) in [4.78, 5) is 4.30. The number of hydrogen-bond acceptors (Lipinski definition) is 2. The highest BCUT2D eigenvalue weighted by atomic mass is 19.4. The minimum Gasteiger partial charge on any atom is -0.392 e. The molecule has 1 atom stereocenters. The molecule has 0 aromatic heterocycles. The van der Waals surface area contributed by atoms with Gasteiger partial charge >= 0.3 is 47.6 Å². The molecular weight excluding hydrogens is 569 g/mol. The molecule has 19 heteroatoms. The molecule has 0 saturated carbocycles. The molecule has 2 nitrogen and oxygen atoms in total. The van der Waals surface area contributed by atoms with Crippen LogP contribution in [0.15, 0.2) is 35.5 Å². The van der Waals surface area contributed by atoms with Gasteiger partial charge in [-0.2, -0.15) is 74.6 Å². The second kappa shape index (κ2) is 8.78. The molecule has 0 saturated heterocycles. The maximum atomic E-state index is 14.1. The zero-order valence-electron chi connectivity index (χ0n) is 17.2. The number of halogens is 17. The summed E-state index contributed by atoms with van der Waals surface area (Å²) in [7, 11) is 0. The summed E-state index contributed by atoms with van der Waals surface area (Å²) in [6.45, 7) is 0. The van der Waals surface area contributed by atoms with E-state index in [4.69, 9.17) is 0 Å². The van der Waals surface area contributed by atoms with Crippen molar-refractivity contribution in [3.8, 4) is 0 Å². The van der Waals surface area contributed by atoms with Gasteiger partial charge in [-0.25, -0.2) is 0 Å². The number of oxime groups is 1. The number of rotatable bonds is 9. The minimum absolute atomic E-state index is 0.129. The van der Waals surface area contributed by atoms with E-state index in [0.29, 0.717) is 0 Å². The van der Waals surface area contributed by atoms with Crippen LogP contribution in [0.1, 0.15) is 18.4 Å². The van der Waals surface area contributed by atoms with Crippen molar-refractivity contribution in [3.05, 3.63) is 35.9 Å². The van der Waals surface area contributed by atoms with E-state index in [1.807, 2.05) is 0 Å². The molecule has 1 aromatic carbocycles. The lowest BCUT2D eigenvalue weighted by Crippen LogP contribution is -2.74. The molecule has 1 aliphatic heterocycles. The lowest BCUT2D eigenvalue weighted by molar-refractivity contribution is -0.462. The van der Waals surface area contributed by atoms with Gasteiger partial charge in [0.15, 0.2) is 0 Å². The van der Waals surface area contributed by atoms with Gasteiger partial charge in [-0.05, 0) is 5.56 Å². The molecule has 37 heavy (non-hydrogen) atoms. The summed E-state index contributed by atoms with van der Waals surface area (Å²) in [6.07, 6.45) is -13.6. The first-order valence-electron chi connectivity index (χ1n) is 9.29. The molecule has 0 radical (unpaired) electrons. The fraction of sp³-hybridized carbons (Fsp3) is 0.611. The fourth-order valence-corrected chi connectivity index (χ4v) is 2.95. The molecule has 0 N–H and O–H groups in total. The summed E-state index contributed by atoms with van der Waals surface area (Å²) >= 11 is 0. The van der Waals surface area contributed by atoms with Crippen molar-refractivity contribution < 1.29 is 79.5 Å². The van der Waals surface area contributed by atoms with E-state index in [1.54, 1.807) is 0 Å². The van der Waals surface area contributed by atoms with Gasteiger partial charge in [-0.3, -0.25) is 0 Å². The normalized spacial score (nSPS) is 19.1. The Hall–Kier alpha value is -2.50. The van der Waals surface area contributed by atoms with E-state index in [2.05, 4.69) is 9.99 Å². The van der Waals surface area contributed by atoms with Crippen LogP contribution >= 0.6 is 0 Å². The van der Waals surface area contributed by atoms with Gasteiger partial charge in [0.25, 0.3) is 0 Å². The molecule has 0 fully saturated rings. The largest absolute Gasteiger partial charge is 0.460 e. The summed E-state index contributed by atoms with van der Waals surface area (Å²) < 4.78 is 226. The first kappa shape index (κ1) is 30.7. The van der Waals surface area contributed by atoms with Crippen LogP contribution in [0.25, 0.3) is 0 Å². The van der Waals surface area contributed by atoms with Crippen LogP contribution in [0.4, 0.5) is 74.6 Å². The molecule has 1 aromatic rings. The van der Waals surface area contributed by atoms with Crippen molar-refractivity contribution in [2.75, 3.05) is 0 Å². The standard InChI is InChI=1S/C18H10F17NO/c19-11(20,7-9-6-10(36-37-9)8-4-2-1-3-5-8)12(21,22)13(23,24)14(25,26)15(27,28)16(29,30)17(31,32)18(33,34)35/h1-5,9H,6-7H2. The molecule has 0 aliphatic carbocycles. The molecule has 0 amide bonds. The third-order valence-corrected chi connectivity index (χ3v) is 5.11. The lowest BCUT2D eigenvalue weighted by Gasteiger charge is -2.43. The number of hydrogen-bond donors (Lipinski definition) is 0. The highest BCUT2D eigenvalue weighted by molar-refractivity contribution is 6.01. The van der Waals surface area contributed by atoms with E-state index in [9.17, 15) is 74.6 Å². The number of nitrogens with zero attached hydrogens (tertiary/aromatic N) is 1. The Morgan fingerprint density at radius 1 is 0.595 bits per heavy atom. The predicted molar refractivity (Wildman–Crippen MR) is 87.8 cm³/mol. The third-order valence-electron chi connectivity index (χ3n) is 5.11. The van der Waals surface area contributed by atoms with Gasteiger partial charge in [-0.15, -0.1) is 0 Å². The first-order chi connectivity index (χ1) is 16.3. The predicted octanol–water partition coefficient (Wildman–Crippen LogP) is 7.58. The van der Waals surface area contributed by atoms with Gasteiger partial charge in [0.1, 0.15) is 6.10 Å². The third kappa shape index (κ3) is 4.44. The highest BCUT2D eigenvalue weighted by Crippen LogP contribution is 2.64. The molecule has 1 heterocycles. The maximum Gasteiger partial charge on any atom is 0.460 e. The Balaban J connectivity index is 2.39. The van der Waals surface area contributed by atoms with Crippen LogP contribution in [0.3, 0.4) is 0 Å². The quantitative estimate of drug-likeness (QED) is 0.277. The van der Waals surface area contributed by atoms with Gasteiger partial charge < -0.3 is 4.84 Å². The van der Waals surface area contributed by atoms with Crippen LogP contribution < -0.4 is 0 Å². The molecule has 0 bridgehead atoms. The second-order valence-electron chi connectivity index (χ2n) is 7.69. The van der Waals surface area contributed by atoms with Crippen molar-refractivity contribution in [1.82, 2.24) is 0 Å². The lowest BCUT2D eigenvalue weighted by atomic mass is 9.87. The summed E-state index contributed by atoms with van der Waals surface area (Å²) in [6, 6.07) is 6.76. The smallest absolute Gasteiger partial charge is 0.392 e. The Kier molecular flexibility index (Phi) is 7.29. The van der Waals surface area contributed by atoms with E-state index in [1.165, 1.54) is 30.3 Å². The maximum absolute atomic E-state index is 14.1. The van der Waals surface area contributed by atoms with Crippen LogP contribution in [0, 0.1) is 0 Å². The number of alkyl halides is 17. The van der Waals surface area contributed by atoms with E-state index >= 15 is 0 Å². The summed E-state index contributed by atoms with van der Waals surface area (Å²) in [5, 5.41) is 3.18. The van der Waals surface area contributed by atoms with E-state index < -0.39 is 66.6 Å². The van der Waals surface area contributed by atoms with Crippen molar-refractivity contribution >= 4 is 5.71 Å². The Bertz CT molecular complexity index is 999. The van der Waals surface area contributed by atoms with Crippen molar-refractivity contribution in [2.24, 2.45) is 5.16 Å². The van der Waals surface area contributed by atoms with Crippen LogP contribution in [-0.4, -0.2) is 59.4 Å². The SMILES string of the molecule is FC(F)(F)C(F)(F)C(F)(F)C(F)(F)C(F)(F)C(F)(F)C(F)(F)C(F)(F)CC1CC(c2ccccc2)=NO1. The second-order valence-corrected chi connectivity index (χ2v) is 7.69. The van der Waals surface area contributed by atoms with Crippen LogP contribution in [0.5, 0.6) is 0 Å². The van der Waals surface area contributed by atoms with Crippen LogP contribution in [0.2, 0.25) is 0 Å². The first-order valence-corrected chi connectivity index (χ1v) is 9.29. The molecule has 1 aliphatic rings. The Morgan fingerprint density at radius 3 is 1.43 bits per heavy atom. The molecule has 1 unspecified atom stereocenters. The van der Waals surface area contributed by atoms with Crippen LogP contribution in [-0.2, 0) is 4.84 Å². The highest BCUT2D eigenvalue weighted by Gasteiger charge is 2.95. The van der Waals surface area contributed by atoms with Crippen molar-refractivity contribution in [2.45, 2.75) is 66.6 Å². The Morgan fingerprint density at radius 2 is 1.00 bits per heavy atom. The molecular formula is C18H10F17NO. The summed E-state index contributed by atoms with van der Waals surface area (Å²) in [5.41, 5.74) is -0.119. The minimum atomic E-state index is -8.64. The number of benzene rings is 1. The zero-order chi connectivity index (χ0) is 29.1. The fourth-order valence-electron chi connectivity index (χ4n) is 2.95. The molecule has 212 valence electrons. The van der Waals surface area contributed by atoms with Gasteiger partial charge in [0.05, 0.1) is 12.1 Å². The van der Waals surface area contributed by atoms with E-state index in [0.717, 1.165) is 0 Å². The van der Waals surface area contributed by atoms with Crippen molar-refractivity contribution in [1.29, 1.82) is 0 Å². The van der Waals surface area contributed by atoms with Crippen molar-refractivity contribution in [3.63, 3.8) is 0 Å². The Labute approximate surface area is 194 Å². The summed E-state index contributed by atoms with van der Waals surface area (Å²) in [5.74, 6) is -56.5. The van der Waals surface area contributed by atoms with Gasteiger partial charge in [0, 0.05) is 6.42 Å². The topological polar surface area (TPSA) is 21.6 Å². The molecule has 2 rings (SSSR count). The molecule has 0 spiro atoms. The average Bonchev–Trinajstić information content (AvgIpc) is 3.20.